The van der Waals surface area contributed by atoms with E-state index in [2.05, 4.69) is 18.7 Å². The Balaban J connectivity index is 2.41. The number of benzene rings is 1. The van der Waals surface area contributed by atoms with Crippen molar-refractivity contribution in [3.63, 3.8) is 0 Å². The van der Waals surface area contributed by atoms with E-state index >= 15 is 0 Å². The molecule has 1 saturated heterocycles. The van der Waals surface area contributed by atoms with Gasteiger partial charge in [-0.1, -0.05) is 19.9 Å². The summed E-state index contributed by atoms with van der Waals surface area (Å²) in [4.78, 5) is 2.26. The lowest BCUT2D eigenvalue weighted by molar-refractivity contribution is 0.194. The smallest absolute Gasteiger partial charge is 0.131 e. The largest absolute Gasteiger partial charge is 0.389 e. The van der Waals surface area contributed by atoms with Gasteiger partial charge in [0.1, 0.15) is 5.82 Å². The minimum Gasteiger partial charge on any atom is -0.389 e. The monoisotopic (exact) mass is 251 g/mol. The second kappa shape index (κ2) is 5.27. The molecule has 1 fully saturated rings. The van der Waals surface area contributed by atoms with Crippen LogP contribution in [0.5, 0.6) is 0 Å². The molecule has 18 heavy (non-hydrogen) atoms. The molecule has 1 aliphatic heterocycles. The lowest BCUT2D eigenvalue weighted by Crippen LogP contribution is -2.34. The van der Waals surface area contributed by atoms with Crippen molar-refractivity contribution >= 4 is 5.69 Å². The molecule has 3 heteroatoms. The topological polar surface area (TPSA) is 23.5 Å². The van der Waals surface area contributed by atoms with Crippen molar-refractivity contribution in [2.45, 2.75) is 45.8 Å². The minimum atomic E-state index is -0.769. The fraction of sp³-hybridized carbons (Fsp3) is 0.600. The van der Waals surface area contributed by atoms with Crippen LogP contribution in [0.3, 0.4) is 0 Å². The normalized spacial score (nSPS) is 21.7. The second-order valence-corrected chi connectivity index (χ2v) is 5.50. The first kappa shape index (κ1) is 13.3. The van der Waals surface area contributed by atoms with Crippen LogP contribution in [0.25, 0.3) is 0 Å². The zero-order chi connectivity index (χ0) is 13.3. The number of aliphatic hydroxyl groups excluding tert-OH is 1. The first-order valence-corrected chi connectivity index (χ1v) is 6.75. The van der Waals surface area contributed by atoms with Gasteiger partial charge >= 0.3 is 0 Å². The summed E-state index contributed by atoms with van der Waals surface area (Å²) in [7, 11) is 0. The van der Waals surface area contributed by atoms with E-state index in [1.54, 1.807) is 13.0 Å². The van der Waals surface area contributed by atoms with Gasteiger partial charge in [0.2, 0.25) is 0 Å². The standard InChI is InChI=1S/C15H22FNO/c1-10(2)13-8-5-9-17(13)14-7-4-6-12(16)15(14)11(3)18/h4,6-7,10-11,13,18H,5,8-9H2,1-3H3/t11-,13?/m1/s1. The Hall–Kier alpha value is -1.09. The Bertz CT molecular complexity index is 417. The molecular weight excluding hydrogens is 229 g/mol. The van der Waals surface area contributed by atoms with Crippen LogP contribution in [0.1, 0.15) is 45.3 Å². The van der Waals surface area contributed by atoms with E-state index in [9.17, 15) is 9.50 Å². The Morgan fingerprint density at radius 1 is 1.33 bits per heavy atom. The summed E-state index contributed by atoms with van der Waals surface area (Å²) >= 11 is 0. The van der Waals surface area contributed by atoms with E-state index in [0.29, 0.717) is 17.5 Å². The maximum absolute atomic E-state index is 13.9. The molecule has 1 unspecified atom stereocenters. The summed E-state index contributed by atoms with van der Waals surface area (Å²) in [6.07, 6.45) is 1.51. The van der Waals surface area contributed by atoms with Crippen molar-refractivity contribution in [2.75, 3.05) is 11.4 Å². The van der Waals surface area contributed by atoms with Crippen molar-refractivity contribution in [1.29, 1.82) is 0 Å². The molecule has 0 bridgehead atoms. The number of nitrogens with zero attached hydrogens (tertiary/aromatic N) is 1. The Kier molecular flexibility index (Phi) is 3.91. The maximum atomic E-state index is 13.9. The van der Waals surface area contributed by atoms with Gasteiger partial charge in [0.05, 0.1) is 6.10 Å². The zero-order valence-corrected chi connectivity index (χ0v) is 11.4. The number of aliphatic hydroxyl groups is 1. The van der Waals surface area contributed by atoms with E-state index in [1.807, 2.05) is 6.07 Å². The number of hydrogen-bond acceptors (Lipinski definition) is 2. The molecule has 0 aliphatic carbocycles. The van der Waals surface area contributed by atoms with Gasteiger partial charge in [-0.05, 0) is 37.8 Å². The predicted molar refractivity (Wildman–Crippen MR) is 72.2 cm³/mol. The molecule has 0 saturated carbocycles. The van der Waals surface area contributed by atoms with E-state index in [-0.39, 0.29) is 5.82 Å². The summed E-state index contributed by atoms with van der Waals surface area (Å²) in [5.74, 6) is 0.231. The average Bonchev–Trinajstić information content (AvgIpc) is 2.76. The number of halogens is 1. The maximum Gasteiger partial charge on any atom is 0.131 e. The van der Waals surface area contributed by atoms with Crippen LogP contribution >= 0.6 is 0 Å². The third-order valence-corrected chi connectivity index (χ3v) is 3.83. The molecule has 2 nitrogen and oxygen atoms in total. The number of hydrogen-bond donors (Lipinski definition) is 1. The minimum absolute atomic E-state index is 0.308. The van der Waals surface area contributed by atoms with Crippen LogP contribution in [-0.4, -0.2) is 17.7 Å². The fourth-order valence-corrected chi connectivity index (χ4v) is 2.97. The molecule has 1 aromatic rings. The fourth-order valence-electron chi connectivity index (χ4n) is 2.97. The Morgan fingerprint density at radius 3 is 2.67 bits per heavy atom. The number of anilines is 1. The number of rotatable bonds is 3. The first-order chi connectivity index (χ1) is 8.52. The van der Waals surface area contributed by atoms with Crippen LogP contribution in [-0.2, 0) is 0 Å². The van der Waals surface area contributed by atoms with Crippen molar-refractivity contribution in [3.8, 4) is 0 Å². The summed E-state index contributed by atoms with van der Waals surface area (Å²) < 4.78 is 13.9. The highest BCUT2D eigenvalue weighted by molar-refractivity contribution is 5.56. The van der Waals surface area contributed by atoms with Crippen LogP contribution in [0, 0.1) is 11.7 Å². The van der Waals surface area contributed by atoms with Crippen LogP contribution in [0.2, 0.25) is 0 Å². The van der Waals surface area contributed by atoms with Gasteiger partial charge < -0.3 is 10.0 Å². The predicted octanol–water partition coefficient (Wildman–Crippen LogP) is 3.50. The Labute approximate surface area is 108 Å². The lowest BCUT2D eigenvalue weighted by Gasteiger charge is -2.32. The highest BCUT2D eigenvalue weighted by Crippen LogP contribution is 2.35. The van der Waals surface area contributed by atoms with E-state index in [0.717, 1.165) is 25.1 Å². The van der Waals surface area contributed by atoms with E-state index < -0.39 is 6.10 Å². The second-order valence-electron chi connectivity index (χ2n) is 5.50. The molecule has 0 amide bonds. The molecule has 2 rings (SSSR count). The van der Waals surface area contributed by atoms with Gasteiger partial charge in [-0.2, -0.15) is 0 Å². The highest BCUT2D eigenvalue weighted by atomic mass is 19.1. The van der Waals surface area contributed by atoms with Crippen LogP contribution in [0.15, 0.2) is 18.2 Å². The van der Waals surface area contributed by atoms with Gasteiger partial charge in [-0.25, -0.2) is 4.39 Å². The molecular formula is C15H22FNO. The van der Waals surface area contributed by atoms with Gasteiger partial charge in [0.15, 0.2) is 0 Å². The van der Waals surface area contributed by atoms with Crippen molar-refractivity contribution in [3.05, 3.63) is 29.6 Å². The summed E-state index contributed by atoms with van der Waals surface area (Å²) in [5.41, 5.74) is 1.30. The molecule has 2 atom stereocenters. The van der Waals surface area contributed by atoms with E-state index in [1.165, 1.54) is 6.07 Å². The SMILES string of the molecule is CC(C)C1CCCN1c1cccc(F)c1[C@@H](C)O. The Morgan fingerprint density at radius 2 is 2.06 bits per heavy atom. The van der Waals surface area contributed by atoms with Crippen LogP contribution < -0.4 is 4.90 Å². The summed E-state index contributed by atoms with van der Waals surface area (Å²) in [6.45, 7) is 6.98. The van der Waals surface area contributed by atoms with Gasteiger partial charge in [0.25, 0.3) is 0 Å². The molecule has 0 radical (unpaired) electrons. The zero-order valence-electron chi connectivity index (χ0n) is 11.4. The van der Waals surface area contributed by atoms with Crippen molar-refractivity contribution in [1.82, 2.24) is 0 Å². The van der Waals surface area contributed by atoms with Crippen molar-refractivity contribution < 1.29 is 9.50 Å². The molecule has 100 valence electrons. The van der Waals surface area contributed by atoms with Gasteiger partial charge in [0, 0.05) is 23.8 Å². The summed E-state index contributed by atoms with van der Waals surface area (Å²) in [6, 6.07) is 5.52. The van der Waals surface area contributed by atoms with Crippen molar-refractivity contribution in [2.24, 2.45) is 5.92 Å². The molecule has 1 aliphatic rings. The highest BCUT2D eigenvalue weighted by Gasteiger charge is 2.30. The van der Waals surface area contributed by atoms with Crippen LogP contribution in [0.4, 0.5) is 10.1 Å². The molecule has 1 aromatic carbocycles. The quantitative estimate of drug-likeness (QED) is 0.888. The molecule has 1 N–H and O–H groups in total. The molecule has 0 aromatic heterocycles. The van der Waals surface area contributed by atoms with E-state index in [4.69, 9.17) is 0 Å². The summed E-state index contributed by atoms with van der Waals surface area (Å²) in [5, 5.41) is 9.80. The molecule has 1 heterocycles. The molecule has 0 spiro atoms. The first-order valence-electron chi connectivity index (χ1n) is 6.75. The average molecular weight is 251 g/mol. The third-order valence-electron chi connectivity index (χ3n) is 3.83. The van der Waals surface area contributed by atoms with Gasteiger partial charge in [-0.3, -0.25) is 0 Å². The van der Waals surface area contributed by atoms with Gasteiger partial charge in [-0.15, -0.1) is 0 Å². The lowest BCUT2D eigenvalue weighted by atomic mass is 9.99. The third kappa shape index (κ3) is 2.37.